The van der Waals surface area contributed by atoms with Crippen LogP contribution in [0.3, 0.4) is 0 Å². The van der Waals surface area contributed by atoms with Crippen molar-refractivity contribution in [2.24, 2.45) is 0 Å². The first-order valence-corrected chi connectivity index (χ1v) is 7.85. The summed E-state index contributed by atoms with van der Waals surface area (Å²) >= 11 is 0. The van der Waals surface area contributed by atoms with Gasteiger partial charge in [-0.3, -0.25) is 4.79 Å². The number of allylic oxidation sites excluding steroid dienone is 1. The lowest BCUT2D eigenvalue weighted by Crippen LogP contribution is -2.49. The molecule has 0 bridgehead atoms. The van der Waals surface area contributed by atoms with Gasteiger partial charge < -0.3 is 20.3 Å². The SMILES string of the molecule is CC(C)(C)NC(=O)C(O)C1=c2ccccc2=C2C=C(O)C=CC2O1. The molecule has 0 saturated carbocycles. The highest BCUT2D eigenvalue weighted by Gasteiger charge is 2.31. The summed E-state index contributed by atoms with van der Waals surface area (Å²) < 4.78 is 5.89. The Labute approximate surface area is 140 Å². The van der Waals surface area contributed by atoms with Crippen LogP contribution in [-0.2, 0) is 9.53 Å². The molecule has 126 valence electrons. The van der Waals surface area contributed by atoms with Crippen molar-refractivity contribution in [3.8, 4) is 0 Å². The summed E-state index contributed by atoms with van der Waals surface area (Å²) in [6.07, 6.45) is 3.04. The minimum atomic E-state index is -1.40. The zero-order valence-corrected chi connectivity index (χ0v) is 13.9. The summed E-state index contributed by atoms with van der Waals surface area (Å²) in [7, 11) is 0. The van der Waals surface area contributed by atoms with Gasteiger partial charge in [-0.1, -0.05) is 24.3 Å². The second kappa shape index (κ2) is 5.83. The highest BCUT2D eigenvalue weighted by molar-refractivity contribution is 5.90. The van der Waals surface area contributed by atoms with E-state index in [9.17, 15) is 15.0 Å². The van der Waals surface area contributed by atoms with E-state index in [1.807, 2.05) is 39.0 Å². The predicted octanol–water partition coefficient (Wildman–Crippen LogP) is 0.632. The molecule has 3 N–H and O–H groups in total. The number of aliphatic hydroxyl groups excluding tert-OH is 2. The van der Waals surface area contributed by atoms with Crippen LogP contribution >= 0.6 is 0 Å². The van der Waals surface area contributed by atoms with E-state index in [1.165, 1.54) is 0 Å². The molecule has 1 aromatic carbocycles. The third-order valence-corrected chi connectivity index (χ3v) is 3.80. The van der Waals surface area contributed by atoms with Crippen molar-refractivity contribution in [1.29, 1.82) is 0 Å². The standard InChI is InChI=1S/C19H21NO4/c1-19(2,3)20-18(23)16(22)17-13-7-5-4-6-12(13)14-10-11(21)8-9-15(14)24-17/h4-10,15-16,21-22H,1-3H3,(H,20,23). The van der Waals surface area contributed by atoms with Crippen LogP contribution in [-0.4, -0.2) is 33.9 Å². The zero-order chi connectivity index (χ0) is 17.5. The van der Waals surface area contributed by atoms with Crippen LogP contribution in [0.4, 0.5) is 0 Å². The van der Waals surface area contributed by atoms with E-state index in [1.54, 1.807) is 24.3 Å². The molecular weight excluding hydrogens is 306 g/mol. The minimum Gasteiger partial charge on any atom is -0.508 e. The van der Waals surface area contributed by atoms with E-state index in [2.05, 4.69) is 5.32 Å². The largest absolute Gasteiger partial charge is 0.508 e. The molecule has 5 nitrogen and oxygen atoms in total. The molecule has 1 amide bonds. The third kappa shape index (κ3) is 3.08. The first kappa shape index (κ1) is 16.3. The van der Waals surface area contributed by atoms with E-state index in [0.717, 1.165) is 10.8 Å². The van der Waals surface area contributed by atoms with Gasteiger partial charge in [0.2, 0.25) is 0 Å². The lowest BCUT2D eigenvalue weighted by Gasteiger charge is -2.29. The average Bonchev–Trinajstić information content (AvgIpc) is 2.52. The summed E-state index contributed by atoms with van der Waals surface area (Å²) in [6, 6.07) is 7.37. The molecule has 1 aliphatic carbocycles. The second-order valence-corrected chi connectivity index (χ2v) is 6.97. The average molecular weight is 327 g/mol. The molecule has 5 heteroatoms. The van der Waals surface area contributed by atoms with Crippen LogP contribution in [0.15, 0.2) is 48.3 Å². The summed E-state index contributed by atoms with van der Waals surface area (Å²) in [5.41, 5.74) is 0.349. The number of carbonyl (C=O) groups excluding carboxylic acids is 1. The normalized spacial score (nSPS) is 20.5. The number of hydrogen-bond donors (Lipinski definition) is 3. The number of hydrogen-bond acceptors (Lipinski definition) is 4. The maximum absolute atomic E-state index is 12.3. The summed E-state index contributed by atoms with van der Waals surface area (Å²) in [5, 5.41) is 24.5. The van der Waals surface area contributed by atoms with Gasteiger partial charge in [0.1, 0.15) is 17.6 Å². The van der Waals surface area contributed by atoms with E-state index in [-0.39, 0.29) is 11.5 Å². The van der Waals surface area contributed by atoms with Gasteiger partial charge in [0.25, 0.3) is 5.91 Å². The summed E-state index contributed by atoms with van der Waals surface area (Å²) in [4.78, 5) is 12.3. The monoisotopic (exact) mass is 327 g/mol. The fourth-order valence-corrected chi connectivity index (χ4v) is 2.83. The summed E-state index contributed by atoms with van der Waals surface area (Å²) in [6.45, 7) is 5.55. The van der Waals surface area contributed by atoms with Gasteiger partial charge in [0.05, 0.1) is 0 Å². The highest BCUT2D eigenvalue weighted by atomic mass is 16.5. The number of amides is 1. The molecule has 24 heavy (non-hydrogen) atoms. The Morgan fingerprint density at radius 3 is 2.58 bits per heavy atom. The molecule has 2 unspecified atom stereocenters. The van der Waals surface area contributed by atoms with E-state index >= 15 is 0 Å². The van der Waals surface area contributed by atoms with Crippen LogP contribution in [0.5, 0.6) is 0 Å². The van der Waals surface area contributed by atoms with Crippen LogP contribution in [0, 0.1) is 0 Å². The number of ether oxygens (including phenoxy) is 1. The number of fused-ring (bicyclic) bond motifs is 2. The number of rotatable bonds is 2. The number of aliphatic hydroxyl groups is 2. The van der Waals surface area contributed by atoms with Gasteiger partial charge in [-0.2, -0.15) is 0 Å². The molecule has 0 spiro atoms. The molecule has 1 aromatic rings. The minimum absolute atomic E-state index is 0.147. The van der Waals surface area contributed by atoms with Crippen molar-refractivity contribution in [1.82, 2.24) is 5.32 Å². The van der Waals surface area contributed by atoms with Gasteiger partial charge in [0.15, 0.2) is 6.10 Å². The van der Waals surface area contributed by atoms with Crippen molar-refractivity contribution in [3.05, 3.63) is 58.7 Å². The van der Waals surface area contributed by atoms with Crippen molar-refractivity contribution >= 4 is 17.2 Å². The Kier molecular flexibility index (Phi) is 3.97. The smallest absolute Gasteiger partial charge is 0.257 e. The van der Waals surface area contributed by atoms with Crippen LogP contribution in [0.2, 0.25) is 0 Å². The molecular formula is C19H21NO4. The lowest BCUT2D eigenvalue weighted by molar-refractivity contribution is -0.129. The van der Waals surface area contributed by atoms with Gasteiger partial charge in [-0.25, -0.2) is 0 Å². The molecule has 2 aliphatic rings. The number of nitrogens with one attached hydrogen (secondary N) is 1. The van der Waals surface area contributed by atoms with Gasteiger partial charge in [-0.15, -0.1) is 0 Å². The highest BCUT2D eigenvalue weighted by Crippen LogP contribution is 2.24. The number of benzene rings is 1. The van der Waals surface area contributed by atoms with E-state index in [0.29, 0.717) is 5.22 Å². The Morgan fingerprint density at radius 1 is 1.25 bits per heavy atom. The molecule has 0 saturated heterocycles. The molecule has 2 atom stereocenters. The quantitative estimate of drug-likeness (QED) is 0.744. The Balaban J connectivity index is 2.13. The van der Waals surface area contributed by atoms with E-state index in [4.69, 9.17) is 4.74 Å². The first-order chi connectivity index (χ1) is 11.3. The van der Waals surface area contributed by atoms with E-state index < -0.39 is 23.7 Å². The zero-order valence-electron chi connectivity index (χ0n) is 13.9. The maximum Gasteiger partial charge on any atom is 0.257 e. The van der Waals surface area contributed by atoms with Crippen molar-refractivity contribution in [2.45, 2.75) is 38.5 Å². The Morgan fingerprint density at radius 2 is 1.92 bits per heavy atom. The molecule has 3 rings (SSSR count). The van der Waals surface area contributed by atoms with Crippen molar-refractivity contribution < 1.29 is 19.7 Å². The lowest BCUT2D eigenvalue weighted by atomic mass is 9.96. The van der Waals surface area contributed by atoms with Crippen molar-refractivity contribution in [2.75, 3.05) is 0 Å². The Hall–Kier alpha value is -2.53. The maximum atomic E-state index is 12.3. The van der Waals surface area contributed by atoms with Gasteiger partial charge in [-0.05, 0) is 44.2 Å². The van der Waals surface area contributed by atoms with Crippen molar-refractivity contribution in [3.63, 3.8) is 0 Å². The van der Waals surface area contributed by atoms with Crippen LogP contribution < -0.4 is 15.8 Å². The molecule has 1 aliphatic heterocycles. The van der Waals surface area contributed by atoms with Gasteiger partial charge >= 0.3 is 0 Å². The summed E-state index contributed by atoms with van der Waals surface area (Å²) in [5.74, 6) is -0.136. The second-order valence-electron chi connectivity index (χ2n) is 6.97. The number of carbonyl (C=O) groups is 1. The molecule has 0 fully saturated rings. The predicted molar refractivity (Wildman–Crippen MR) is 91.1 cm³/mol. The fourth-order valence-electron chi connectivity index (χ4n) is 2.83. The molecule has 0 aromatic heterocycles. The third-order valence-electron chi connectivity index (χ3n) is 3.80. The molecule has 1 heterocycles. The topological polar surface area (TPSA) is 78.8 Å². The fraction of sp³-hybridized carbons (Fsp3) is 0.316. The first-order valence-electron chi connectivity index (χ1n) is 7.85. The van der Waals surface area contributed by atoms with Crippen LogP contribution in [0.25, 0.3) is 11.3 Å². The van der Waals surface area contributed by atoms with Gasteiger partial charge in [0, 0.05) is 16.3 Å². The van der Waals surface area contributed by atoms with Crippen LogP contribution in [0.1, 0.15) is 20.8 Å². The molecule has 0 radical (unpaired) electrons. The Bertz CT molecular complexity index is 858.